The van der Waals surface area contributed by atoms with Gasteiger partial charge in [-0.15, -0.1) is 11.8 Å². The maximum atomic E-state index is 12.5. The number of nitrogens with zero attached hydrogens (tertiary/aromatic N) is 1. The number of amides is 2. The number of nitrogens with one attached hydrogen (secondary N) is 1. The van der Waals surface area contributed by atoms with Crippen LogP contribution >= 0.6 is 11.8 Å². The summed E-state index contributed by atoms with van der Waals surface area (Å²) in [5, 5.41) is 2.96. The van der Waals surface area contributed by atoms with Gasteiger partial charge >= 0.3 is 0 Å². The van der Waals surface area contributed by atoms with E-state index in [9.17, 15) is 9.59 Å². The Balaban J connectivity index is 1.68. The summed E-state index contributed by atoms with van der Waals surface area (Å²) >= 11 is 1.72. The predicted molar refractivity (Wildman–Crippen MR) is 89.8 cm³/mol. The summed E-state index contributed by atoms with van der Waals surface area (Å²) in [4.78, 5) is 26.2. The molecule has 1 N–H and O–H groups in total. The van der Waals surface area contributed by atoms with Crippen molar-refractivity contribution in [3.63, 3.8) is 0 Å². The zero-order chi connectivity index (χ0) is 15.7. The third kappa shape index (κ3) is 2.74. The highest BCUT2D eigenvalue weighted by Gasteiger charge is 2.52. The van der Waals surface area contributed by atoms with Gasteiger partial charge in [-0.25, -0.2) is 0 Å². The van der Waals surface area contributed by atoms with Crippen LogP contribution in [-0.2, 0) is 16.0 Å². The normalized spacial score (nSPS) is 27.1. The molecule has 2 aliphatic rings. The minimum Gasteiger partial charge on any atom is -0.324 e. The fourth-order valence-electron chi connectivity index (χ4n) is 3.28. The molecule has 0 aliphatic carbocycles. The second-order valence-electron chi connectivity index (χ2n) is 6.20. The molecule has 2 amide bonds. The Morgan fingerprint density at radius 2 is 2.14 bits per heavy atom. The van der Waals surface area contributed by atoms with Gasteiger partial charge in [0.1, 0.15) is 6.04 Å². The van der Waals surface area contributed by atoms with Crippen LogP contribution < -0.4 is 5.32 Å². The molecule has 3 rings (SSSR count). The van der Waals surface area contributed by atoms with E-state index >= 15 is 0 Å². The summed E-state index contributed by atoms with van der Waals surface area (Å²) in [6.07, 6.45) is 3.56. The van der Waals surface area contributed by atoms with Crippen LogP contribution in [0, 0.1) is 0 Å². The van der Waals surface area contributed by atoms with E-state index in [-0.39, 0.29) is 22.7 Å². The molecule has 0 saturated carbocycles. The Morgan fingerprint density at radius 3 is 2.82 bits per heavy atom. The fraction of sp³-hybridized carbons (Fsp3) is 0.529. The first-order valence-electron chi connectivity index (χ1n) is 7.89. The number of anilines is 1. The number of fused-ring (bicyclic) bond motifs is 1. The van der Waals surface area contributed by atoms with Crippen molar-refractivity contribution in [3.05, 3.63) is 29.8 Å². The van der Waals surface area contributed by atoms with E-state index in [0.717, 1.165) is 24.9 Å². The highest BCUT2D eigenvalue weighted by molar-refractivity contribution is 8.01. The molecule has 2 heterocycles. The summed E-state index contributed by atoms with van der Waals surface area (Å²) in [5.74, 6) is 0.711. The molecule has 5 heteroatoms. The van der Waals surface area contributed by atoms with Crippen molar-refractivity contribution in [2.75, 3.05) is 11.1 Å². The van der Waals surface area contributed by atoms with Gasteiger partial charge in [0.15, 0.2) is 0 Å². The molecule has 2 aliphatic heterocycles. The molecule has 0 aromatic heterocycles. The van der Waals surface area contributed by atoms with E-state index in [1.54, 1.807) is 16.7 Å². The number of carbonyl (C=O) groups is 2. The van der Waals surface area contributed by atoms with E-state index in [4.69, 9.17) is 0 Å². The van der Waals surface area contributed by atoms with Gasteiger partial charge in [-0.2, -0.15) is 0 Å². The molecule has 0 spiro atoms. The second-order valence-corrected chi connectivity index (χ2v) is 7.70. The van der Waals surface area contributed by atoms with Crippen molar-refractivity contribution in [3.8, 4) is 0 Å². The molecular weight excluding hydrogens is 296 g/mol. The van der Waals surface area contributed by atoms with E-state index in [1.807, 2.05) is 24.3 Å². The summed E-state index contributed by atoms with van der Waals surface area (Å²) in [5.41, 5.74) is 2.08. The number of thioether (sulfide) groups is 1. The average Bonchev–Trinajstić information content (AvgIpc) is 2.98. The van der Waals surface area contributed by atoms with Crippen LogP contribution in [-0.4, -0.2) is 33.4 Å². The van der Waals surface area contributed by atoms with Crippen LogP contribution in [0.25, 0.3) is 0 Å². The highest BCUT2D eigenvalue weighted by Crippen LogP contribution is 2.47. The quantitative estimate of drug-likeness (QED) is 0.928. The maximum absolute atomic E-state index is 12.5. The van der Waals surface area contributed by atoms with Crippen LogP contribution in [0.15, 0.2) is 24.3 Å². The Hall–Kier alpha value is -1.49. The van der Waals surface area contributed by atoms with Gasteiger partial charge in [0.2, 0.25) is 11.8 Å². The average molecular weight is 318 g/mol. The summed E-state index contributed by atoms with van der Waals surface area (Å²) in [6.45, 7) is 4.22. The number of benzene rings is 1. The smallest absolute Gasteiger partial charge is 0.248 e. The Bertz CT molecular complexity index is 587. The zero-order valence-corrected chi connectivity index (χ0v) is 13.9. The Kier molecular flexibility index (Phi) is 4.17. The van der Waals surface area contributed by atoms with Gasteiger partial charge in [-0.05, 0) is 37.5 Å². The number of rotatable bonds is 4. The van der Waals surface area contributed by atoms with E-state index in [1.165, 1.54) is 5.56 Å². The molecule has 118 valence electrons. The molecule has 4 nitrogen and oxygen atoms in total. The van der Waals surface area contributed by atoms with Crippen molar-refractivity contribution < 1.29 is 9.59 Å². The lowest BCUT2D eigenvalue weighted by molar-refractivity contribution is -0.135. The molecule has 1 aromatic rings. The van der Waals surface area contributed by atoms with Crippen molar-refractivity contribution >= 4 is 29.3 Å². The lowest BCUT2D eigenvalue weighted by Crippen LogP contribution is -2.48. The monoisotopic (exact) mass is 318 g/mol. The lowest BCUT2D eigenvalue weighted by atomic mass is 10.1. The van der Waals surface area contributed by atoms with Gasteiger partial charge in [0.05, 0.1) is 4.87 Å². The molecule has 0 radical (unpaired) electrons. The number of aryl methyl sites for hydroxylation is 1. The maximum Gasteiger partial charge on any atom is 0.248 e. The molecular formula is C17H22N2O2S. The Labute approximate surface area is 135 Å². The van der Waals surface area contributed by atoms with Crippen LogP contribution in [0.2, 0.25) is 0 Å². The molecule has 2 saturated heterocycles. The highest BCUT2D eigenvalue weighted by atomic mass is 32.2. The minimum atomic E-state index is -0.347. The summed E-state index contributed by atoms with van der Waals surface area (Å²) in [7, 11) is 0. The Morgan fingerprint density at radius 1 is 1.41 bits per heavy atom. The van der Waals surface area contributed by atoms with Crippen LogP contribution in [0.5, 0.6) is 0 Å². The third-order valence-electron chi connectivity index (χ3n) is 4.51. The second kappa shape index (κ2) is 5.95. The van der Waals surface area contributed by atoms with Crippen molar-refractivity contribution in [2.45, 2.75) is 50.4 Å². The summed E-state index contributed by atoms with van der Waals surface area (Å²) < 4.78 is 0. The van der Waals surface area contributed by atoms with E-state index in [0.29, 0.717) is 12.2 Å². The lowest BCUT2D eigenvalue weighted by Gasteiger charge is -2.29. The van der Waals surface area contributed by atoms with Gasteiger partial charge in [0, 0.05) is 17.9 Å². The minimum absolute atomic E-state index is 0.0743. The summed E-state index contributed by atoms with van der Waals surface area (Å²) in [6, 6.07) is 7.63. The number of hydrogen-bond acceptors (Lipinski definition) is 3. The van der Waals surface area contributed by atoms with Crippen LogP contribution in [0.1, 0.15) is 38.7 Å². The van der Waals surface area contributed by atoms with Crippen molar-refractivity contribution in [1.29, 1.82) is 0 Å². The first-order chi connectivity index (χ1) is 10.5. The molecule has 0 bridgehead atoms. The van der Waals surface area contributed by atoms with Gasteiger partial charge < -0.3 is 10.2 Å². The van der Waals surface area contributed by atoms with E-state index < -0.39 is 0 Å². The van der Waals surface area contributed by atoms with Gasteiger partial charge in [-0.1, -0.05) is 25.5 Å². The SMILES string of the molecule is CCCc1ccc(NC(=O)C2CSC3(C)CCC(=O)N23)cc1. The largest absolute Gasteiger partial charge is 0.324 e. The first-order valence-corrected chi connectivity index (χ1v) is 8.88. The van der Waals surface area contributed by atoms with E-state index in [2.05, 4.69) is 19.2 Å². The van der Waals surface area contributed by atoms with Crippen molar-refractivity contribution in [2.24, 2.45) is 0 Å². The third-order valence-corrected chi connectivity index (χ3v) is 6.01. The molecule has 22 heavy (non-hydrogen) atoms. The van der Waals surface area contributed by atoms with Crippen LogP contribution in [0.3, 0.4) is 0 Å². The molecule has 1 aromatic carbocycles. The van der Waals surface area contributed by atoms with Crippen LogP contribution in [0.4, 0.5) is 5.69 Å². The molecule has 2 unspecified atom stereocenters. The van der Waals surface area contributed by atoms with Gasteiger partial charge in [0.25, 0.3) is 0 Å². The number of hydrogen-bond donors (Lipinski definition) is 1. The fourth-order valence-corrected chi connectivity index (χ4v) is 4.72. The predicted octanol–water partition coefficient (Wildman–Crippen LogP) is 3.03. The standard InChI is InChI=1S/C17H22N2O2S/c1-3-4-12-5-7-13(8-6-12)18-16(21)14-11-22-17(2)10-9-15(20)19(14)17/h5-8,14H,3-4,9-11H2,1-2H3,(H,18,21). The topological polar surface area (TPSA) is 49.4 Å². The van der Waals surface area contributed by atoms with Gasteiger partial charge in [-0.3, -0.25) is 9.59 Å². The first kappa shape index (κ1) is 15.4. The zero-order valence-electron chi connectivity index (χ0n) is 13.1. The van der Waals surface area contributed by atoms with Crippen molar-refractivity contribution in [1.82, 2.24) is 4.90 Å². The molecule has 2 atom stereocenters. The molecule has 2 fully saturated rings. The number of carbonyl (C=O) groups excluding carboxylic acids is 2.